The summed E-state index contributed by atoms with van der Waals surface area (Å²) in [5.74, 6) is 0. The zero-order valence-corrected chi connectivity index (χ0v) is 10.9. The van der Waals surface area contributed by atoms with Gasteiger partial charge in [-0.15, -0.1) is 0 Å². The SMILES string of the molecule is CC=C[Si](CC)(CCC)CN(C)C. The fraction of sp³-hybridized carbons (Fsp3) is 0.818. The summed E-state index contributed by atoms with van der Waals surface area (Å²) < 4.78 is 0. The molecular formula is C11H25NSi. The van der Waals surface area contributed by atoms with Crippen LogP contribution in [0.5, 0.6) is 0 Å². The van der Waals surface area contributed by atoms with Gasteiger partial charge in [-0.1, -0.05) is 44.1 Å². The molecule has 2 heteroatoms. The summed E-state index contributed by atoms with van der Waals surface area (Å²) in [5.41, 5.74) is 2.52. The van der Waals surface area contributed by atoms with E-state index in [1.165, 1.54) is 24.7 Å². The minimum Gasteiger partial charge on any atom is -0.312 e. The van der Waals surface area contributed by atoms with Crippen LogP contribution in [0.15, 0.2) is 11.8 Å². The van der Waals surface area contributed by atoms with E-state index in [0.29, 0.717) is 0 Å². The molecule has 1 nitrogen and oxygen atoms in total. The van der Waals surface area contributed by atoms with Crippen LogP contribution in [-0.4, -0.2) is 33.2 Å². The quantitative estimate of drug-likeness (QED) is 0.594. The first-order chi connectivity index (χ1) is 6.10. The molecule has 0 spiro atoms. The molecule has 0 aliphatic rings. The summed E-state index contributed by atoms with van der Waals surface area (Å²) in [7, 11) is 3.29. The number of hydrogen-bond donors (Lipinski definition) is 0. The van der Waals surface area contributed by atoms with Crippen molar-refractivity contribution in [1.29, 1.82) is 0 Å². The standard InChI is InChI=1S/C11H25NSi/c1-6-9-13(8-3,10-7-2)11-12(4)5/h6,9H,7-8,10-11H2,1-5H3. The Kier molecular flexibility index (Phi) is 6.34. The third kappa shape index (κ3) is 4.63. The molecule has 0 aliphatic heterocycles. The molecule has 0 fully saturated rings. The van der Waals surface area contributed by atoms with Crippen molar-refractivity contribution in [3.8, 4) is 0 Å². The summed E-state index contributed by atoms with van der Waals surface area (Å²) in [6.07, 6.45) is 4.90. The van der Waals surface area contributed by atoms with Gasteiger partial charge >= 0.3 is 0 Å². The van der Waals surface area contributed by atoms with Gasteiger partial charge in [-0.2, -0.15) is 0 Å². The van der Waals surface area contributed by atoms with Crippen LogP contribution >= 0.6 is 0 Å². The molecule has 0 bridgehead atoms. The molecular weight excluding hydrogens is 174 g/mol. The first kappa shape index (κ1) is 12.9. The number of hydrogen-bond acceptors (Lipinski definition) is 1. The lowest BCUT2D eigenvalue weighted by Gasteiger charge is -2.30. The van der Waals surface area contributed by atoms with E-state index >= 15 is 0 Å². The fourth-order valence-electron chi connectivity index (χ4n) is 2.10. The maximum atomic E-state index is 2.52. The molecule has 0 saturated carbocycles. The van der Waals surface area contributed by atoms with Crippen LogP contribution in [-0.2, 0) is 0 Å². The second kappa shape index (κ2) is 6.38. The second-order valence-corrected chi connectivity index (χ2v) is 8.79. The Morgan fingerprint density at radius 3 is 2.15 bits per heavy atom. The van der Waals surface area contributed by atoms with Crippen molar-refractivity contribution in [2.75, 3.05) is 20.3 Å². The number of nitrogens with zero attached hydrogens (tertiary/aromatic N) is 1. The molecule has 0 rings (SSSR count). The summed E-state index contributed by atoms with van der Waals surface area (Å²) in [6, 6.07) is 2.81. The van der Waals surface area contributed by atoms with Gasteiger partial charge in [0.25, 0.3) is 0 Å². The van der Waals surface area contributed by atoms with E-state index in [1.54, 1.807) is 0 Å². The van der Waals surface area contributed by atoms with Crippen LogP contribution in [0.4, 0.5) is 0 Å². The molecule has 0 aromatic heterocycles. The number of rotatable bonds is 6. The van der Waals surface area contributed by atoms with Gasteiger partial charge < -0.3 is 4.90 Å². The maximum Gasteiger partial charge on any atom is 0.0914 e. The van der Waals surface area contributed by atoms with Crippen LogP contribution in [0, 0.1) is 0 Å². The molecule has 0 N–H and O–H groups in total. The van der Waals surface area contributed by atoms with Crippen LogP contribution in [0.3, 0.4) is 0 Å². The third-order valence-corrected chi connectivity index (χ3v) is 7.81. The molecule has 0 aromatic carbocycles. The maximum absolute atomic E-state index is 2.52. The topological polar surface area (TPSA) is 3.24 Å². The zero-order chi connectivity index (χ0) is 10.3. The Morgan fingerprint density at radius 2 is 1.85 bits per heavy atom. The van der Waals surface area contributed by atoms with Gasteiger partial charge in [-0.25, -0.2) is 0 Å². The number of allylic oxidation sites excluding steroid dienone is 1. The van der Waals surface area contributed by atoms with Crippen molar-refractivity contribution in [1.82, 2.24) is 4.90 Å². The van der Waals surface area contributed by atoms with Crippen molar-refractivity contribution in [2.45, 2.75) is 39.3 Å². The first-order valence-corrected chi connectivity index (χ1v) is 8.08. The first-order valence-electron chi connectivity index (χ1n) is 5.38. The van der Waals surface area contributed by atoms with E-state index in [1.807, 2.05) is 0 Å². The monoisotopic (exact) mass is 199 g/mol. The Labute approximate surface area is 84.8 Å². The van der Waals surface area contributed by atoms with Crippen LogP contribution in [0.2, 0.25) is 12.1 Å². The van der Waals surface area contributed by atoms with Crippen LogP contribution in [0.1, 0.15) is 27.2 Å². The predicted octanol–water partition coefficient (Wildman–Crippen LogP) is 3.08. The van der Waals surface area contributed by atoms with E-state index in [2.05, 4.69) is 51.5 Å². The molecule has 0 aromatic rings. The van der Waals surface area contributed by atoms with E-state index in [0.717, 1.165) is 0 Å². The van der Waals surface area contributed by atoms with Crippen LogP contribution in [0.25, 0.3) is 0 Å². The average molecular weight is 199 g/mol. The van der Waals surface area contributed by atoms with Gasteiger partial charge in [0.05, 0.1) is 8.07 Å². The van der Waals surface area contributed by atoms with E-state index < -0.39 is 8.07 Å². The van der Waals surface area contributed by atoms with E-state index in [9.17, 15) is 0 Å². The molecule has 0 heterocycles. The Balaban J connectivity index is 4.43. The lowest BCUT2D eigenvalue weighted by Crippen LogP contribution is -2.42. The fourth-order valence-corrected chi connectivity index (χ4v) is 6.31. The van der Waals surface area contributed by atoms with Gasteiger partial charge in [0, 0.05) is 0 Å². The van der Waals surface area contributed by atoms with Gasteiger partial charge in [0.2, 0.25) is 0 Å². The predicted molar refractivity (Wildman–Crippen MR) is 64.7 cm³/mol. The smallest absolute Gasteiger partial charge is 0.0914 e. The minimum atomic E-state index is -1.09. The third-order valence-electron chi connectivity index (χ3n) is 2.60. The van der Waals surface area contributed by atoms with E-state index in [4.69, 9.17) is 0 Å². The summed E-state index contributed by atoms with van der Waals surface area (Å²) >= 11 is 0. The molecule has 0 saturated heterocycles. The molecule has 78 valence electrons. The molecule has 13 heavy (non-hydrogen) atoms. The highest BCUT2D eigenvalue weighted by Gasteiger charge is 2.26. The summed E-state index contributed by atoms with van der Waals surface area (Å²) in [5, 5.41) is 0. The van der Waals surface area contributed by atoms with Crippen molar-refractivity contribution >= 4 is 8.07 Å². The van der Waals surface area contributed by atoms with Crippen molar-refractivity contribution < 1.29 is 0 Å². The largest absolute Gasteiger partial charge is 0.312 e. The second-order valence-electron chi connectivity index (χ2n) is 4.20. The van der Waals surface area contributed by atoms with Crippen molar-refractivity contribution in [2.24, 2.45) is 0 Å². The lowest BCUT2D eigenvalue weighted by atomic mass is 10.6. The summed E-state index contributed by atoms with van der Waals surface area (Å²) in [4.78, 5) is 2.35. The highest BCUT2D eigenvalue weighted by atomic mass is 28.3. The lowest BCUT2D eigenvalue weighted by molar-refractivity contribution is 0.469. The average Bonchev–Trinajstić information content (AvgIpc) is 2.04. The summed E-state index contributed by atoms with van der Waals surface area (Å²) in [6.45, 7) is 6.81. The highest BCUT2D eigenvalue weighted by Crippen LogP contribution is 2.19. The molecule has 0 radical (unpaired) electrons. The molecule has 1 unspecified atom stereocenters. The van der Waals surface area contributed by atoms with Gasteiger partial charge in [0.1, 0.15) is 0 Å². The Morgan fingerprint density at radius 1 is 1.23 bits per heavy atom. The molecule has 1 atom stereocenters. The van der Waals surface area contributed by atoms with Crippen molar-refractivity contribution in [3.05, 3.63) is 11.8 Å². The Bertz CT molecular complexity index is 154. The van der Waals surface area contributed by atoms with Crippen LogP contribution < -0.4 is 0 Å². The molecule has 0 amide bonds. The van der Waals surface area contributed by atoms with Gasteiger partial charge in [0.15, 0.2) is 0 Å². The Hall–Kier alpha value is -0.0831. The van der Waals surface area contributed by atoms with Gasteiger partial charge in [-0.3, -0.25) is 0 Å². The zero-order valence-electron chi connectivity index (χ0n) is 9.93. The highest BCUT2D eigenvalue weighted by molar-refractivity contribution is 6.84. The van der Waals surface area contributed by atoms with Crippen molar-refractivity contribution in [3.63, 3.8) is 0 Å². The minimum absolute atomic E-state index is 1.09. The molecule has 0 aliphatic carbocycles. The van der Waals surface area contributed by atoms with Gasteiger partial charge in [-0.05, 0) is 27.2 Å². The normalized spacial score (nSPS) is 16.8. The van der Waals surface area contributed by atoms with E-state index in [-0.39, 0.29) is 0 Å².